The van der Waals surface area contributed by atoms with Gasteiger partial charge in [0.15, 0.2) is 5.78 Å². The lowest BCUT2D eigenvalue weighted by molar-refractivity contribution is 0.0994. The van der Waals surface area contributed by atoms with Crippen LogP contribution in [0.15, 0.2) is 12.1 Å². The fourth-order valence-corrected chi connectivity index (χ4v) is 1.84. The second-order valence-corrected chi connectivity index (χ2v) is 3.35. The Morgan fingerprint density at radius 1 is 1.38 bits per heavy atom. The molecule has 2 heteroatoms. The average molecular weight is 171 g/mol. The minimum Gasteiger partial charge on any atom is -0.294 e. The Morgan fingerprint density at radius 2 is 2.15 bits per heavy atom. The molecule has 0 unspecified atom stereocenters. The number of rotatable bonds is 0. The van der Waals surface area contributed by atoms with Crippen LogP contribution in [-0.2, 0) is 6.42 Å². The fraction of sp³-hybridized carbons (Fsp3) is 0.273. The molecule has 0 fully saturated rings. The van der Waals surface area contributed by atoms with Crippen molar-refractivity contribution >= 4 is 5.78 Å². The predicted octanol–water partition coefficient (Wildman–Crippen LogP) is 2.00. The molecule has 0 saturated heterocycles. The Hall–Kier alpha value is -1.62. The van der Waals surface area contributed by atoms with Crippen molar-refractivity contribution in [2.75, 3.05) is 0 Å². The van der Waals surface area contributed by atoms with E-state index >= 15 is 0 Å². The topological polar surface area (TPSA) is 40.9 Å². The third kappa shape index (κ3) is 1.13. The average Bonchev–Trinajstić information content (AvgIpc) is 2.48. The molecule has 1 aromatic rings. The van der Waals surface area contributed by atoms with Gasteiger partial charge >= 0.3 is 0 Å². The van der Waals surface area contributed by atoms with Gasteiger partial charge in [0.2, 0.25) is 0 Å². The standard InChI is InChI=1S/C11H9NO/c1-7-4-8(6-12)5-10-9(7)2-3-11(10)13/h4-5H,2-3H2,1H3. The molecule has 1 aliphatic rings. The lowest BCUT2D eigenvalue weighted by Crippen LogP contribution is -1.94. The van der Waals surface area contributed by atoms with E-state index in [0.717, 1.165) is 23.1 Å². The van der Waals surface area contributed by atoms with Crippen LogP contribution >= 0.6 is 0 Å². The minimum absolute atomic E-state index is 0.176. The van der Waals surface area contributed by atoms with Crippen LogP contribution in [0.5, 0.6) is 0 Å². The van der Waals surface area contributed by atoms with Gasteiger partial charge in [-0.25, -0.2) is 0 Å². The van der Waals surface area contributed by atoms with E-state index in [0.29, 0.717) is 12.0 Å². The van der Waals surface area contributed by atoms with Crippen LogP contribution in [-0.4, -0.2) is 5.78 Å². The molecule has 0 N–H and O–H groups in total. The number of aryl methyl sites for hydroxylation is 1. The van der Waals surface area contributed by atoms with Crippen molar-refractivity contribution in [2.24, 2.45) is 0 Å². The number of hydrogen-bond donors (Lipinski definition) is 0. The van der Waals surface area contributed by atoms with E-state index in [1.165, 1.54) is 0 Å². The molecule has 64 valence electrons. The van der Waals surface area contributed by atoms with Gasteiger partial charge in [-0.05, 0) is 36.6 Å². The number of benzene rings is 1. The number of nitriles is 1. The summed E-state index contributed by atoms with van der Waals surface area (Å²) < 4.78 is 0. The van der Waals surface area contributed by atoms with E-state index < -0.39 is 0 Å². The number of carbonyl (C=O) groups is 1. The van der Waals surface area contributed by atoms with Gasteiger partial charge in [-0.15, -0.1) is 0 Å². The molecule has 0 radical (unpaired) electrons. The fourth-order valence-electron chi connectivity index (χ4n) is 1.84. The molecule has 0 spiro atoms. The van der Waals surface area contributed by atoms with Crippen LogP contribution in [0.4, 0.5) is 0 Å². The number of fused-ring (bicyclic) bond motifs is 1. The largest absolute Gasteiger partial charge is 0.294 e. The maximum absolute atomic E-state index is 11.4. The molecule has 1 aromatic carbocycles. The second kappa shape index (κ2) is 2.70. The molecule has 2 rings (SSSR count). The zero-order valence-corrected chi connectivity index (χ0v) is 7.42. The van der Waals surface area contributed by atoms with Crippen molar-refractivity contribution in [2.45, 2.75) is 19.8 Å². The molecule has 0 bridgehead atoms. The van der Waals surface area contributed by atoms with Crippen molar-refractivity contribution in [3.05, 3.63) is 34.4 Å². The van der Waals surface area contributed by atoms with Crippen molar-refractivity contribution in [1.82, 2.24) is 0 Å². The van der Waals surface area contributed by atoms with E-state index in [9.17, 15) is 4.79 Å². The zero-order chi connectivity index (χ0) is 9.42. The molecule has 0 saturated carbocycles. The highest BCUT2D eigenvalue weighted by molar-refractivity contribution is 6.01. The van der Waals surface area contributed by atoms with Crippen LogP contribution in [0.3, 0.4) is 0 Å². The number of ketones is 1. The summed E-state index contributed by atoms with van der Waals surface area (Å²) in [6.07, 6.45) is 1.44. The van der Waals surface area contributed by atoms with Crippen LogP contribution in [0.25, 0.3) is 0 Å². The van der Waals surface area contributed by atoms with Crippen molar-refractivity contribution < 1.29 is 4.79 Å². The molecule has 13 heavy (non-hydrogen) atoms. The maximum atomic E-state index is 11.4. The molecule has 0 aliphatic heterocycles. The molecule has 0 atom stereocenters. The van der Waals surface area contributed by atoms with E-state index in [2.05, 4.69) is 6.07 Å². The third-order valence-corrected chi connectivity index (χ3v) is 2.50. The van der Waals surface area contributed by atoms with E-state index in [4.69, 9.17) is 5.26 Å². The lowest BCUT2D eigenvalue weighted by atomic mass is 10.0. The van der Waals surface area contributed by atoms with Gasteiger partial charge in [0.25, 0.3) is 0 Å². The number of Topliss-reactive ketones (excluding diaryl/α,β-unsaturated/α-hetero) is 1. The Labute approximate surface area is 76.8 Å². The smallest absolute Gasteiger partial charge is 0.163 e. The summed E-state index contributed by atoms with van der Waals surface area (Å²) in [5, 5.41) is 8.72. The Morgan fingerprint density at radius 3 is 2.85 bits per heavy atom. The molecule has 2 nitrogen and oxygen atoms in total. The van der Waals surface area contributed by atoms with Crippen LogP contribution < -0.4 is 0 Å². The van der Waals surface area contributed by atoms with E-state index in [1.54, 1.807) is 6.07 Å². The molecule has 0 amide bonds. The first-order chi connectivity index (χ1) is 6.22. The first-order valence-electron chi connectivity index (χ1n) is 4.29. The summed E-state index contributed by atoms with van der Waals surface area (Å²) >= 11 is 0. The summed E-state index contributed by atoms with van der Waals surface area (Å²) in [5.74, 6) is 0.176. The van der Waals surface area contributed by atoms with Crippen LogP contribution in [0.2, 0.25) is 0 Å². The zero-order valence-electron chi connectivity index (χ0n) is 7.42. The molecule has 0 heterocycles. The maximum Gasteiger partial charge on any atom is 0.163 e. The highest BCUT2D eigenvalue weighted by atomic mass is 16.1. The Kier molecular flexibility index (Phi) is 1.66. The number of carbonyl (C=O) groups excluding carboxylic acids is 1. The lowest BCUT2D eigenvalue weighted by Gasteiger charge is -2.02. The normalized spacial score (nSPS) is 14.0. The SMILES string of the molecule is Cc1cc(C#N)cc2c1CCC2=O. The summed E-state index contributed by atoms with van der Waals surface area (Å²) in [6.45, 7) is 1.96. The van der Waals surface area contributed by atoms with Crippen molar-refractivity contribution in [1.29, 1.82) is 5.26 Å². The Bertz CT molecular complexity index is 426. The van der Waals surface area contributed by atoms with Crippen molar-refractivity contribution in [3.8, 4) is 6.07 Å². The first-order valence-corrected chi connectivity index (χ1v) is 4.29. The number of hydrogen-bond acceptors (Lipinski definition) is 2. The van der Waals surface area contributed by atoms with Crippen LogP contribution in [0, 0.1) is 18.3 Å². The van der Waals surface area contributed by atoms with Gasteiger partial charge in [0, 0.05) is 12.0 Å². The molecule has 1 aliphatic carbocycles. The summed E-state index contributed by atoms with van der Waals surface area (Å²) in [4.78, 5) is 11.4. The highest BCUT2D eigenvalue weighted by Crippen LogP contribution is 2.26. The third-order valence-electron chi connectivity index (χ3n) is 2.50. The van der Waals surface area contributed by atoms with Crippen LogP contribution in [0.1, 0.15) is 33.5 Å². The monoisotopic (exact) mass is 171 g/mol. The summed E-state index contributed by atoms with van der Waals surface area (Å²) in [6, 6.07) is 5.62. The molecular weight excluding hydrogens is 162 g/mol. The van der Waals surface area contributed by atoms with Gasteiger partial charge in [0.1, 0.15) is 0 Å². The first kappa shape index (κ1) is 8.00. The van der Waals surface area contributed by atoms with Crippen molar-refractivity contribution in [3.63, 3.8) is 0 Å². The quantitative estimate of drug-likeness (QED) is 0.599. The van der Waals surface area contributed by atoms with E-state index in [-0.39, 0.29) is 5.78 Å². The highest BCUT2D eigenvalue weighted by Gasteiger charge is 2.21. The Balaban J connectivity index is 2.68. The second-order valence-electron chi connectivity index (χ2n) is 3.35. The summed E-state index contributed by atoms with van der Waals surface area (Å²) in [7, 11) is 0. The van der Waals surface area contributed by atoms with Gasteiger partial charge in [-0.2, -0.15) is 5.26 Å². The number of nitrogens with zero attached hydrogens (tertiary/aromatic N) is 1. The van der Waals surface area contributed by atoms with Gasteiger partial charge < -0.3 is 0 Å². The molecule has 0 aromatic heterocycles. The van der Waals surface area contributed by atoms with Gasteiger partial charge in [0.05, 0.1) is 11.6 Å². The predicted molar refractivity (Wildman–Crippen MR) is 48.5 cm³/mol. The summed E-state index contributed by atoms with van der Waals surface area (Å²) in [5.41, 5.74) is 3.55. The minimum atomic E-state index is 0.176. The van der Waals surface area contributed by atoms with Gasteiger partial charge in [-0.3, -0.25) is 4.79 Å². The molecular formula is C11H9NO. The van der Waals surface area contributed by atoms with Gasteiger partial charge in [-0.1, -0.05) is 0 Å². The van der Waals surface area contributed by atoms with E-state index in [1.807, 2.05) is 13.0 Å².